The van der Waals surface area contributed by atoms with Crippen LogP contribution in [0.15, 0.2) is 36.9 Å². The Morgan fingerprint density at radius 1 is 1.11 bits per heavy atom. The zero-order valence-electron chi connectivity index (χ0n) is 9.04. The van der Waals surface area contributed by atoms with Crippen LogP contribution in [0.5, 0.6) is 0 Å². The van der Waals surface area contributed by atoms with Crippen LogP contribution in [0.2, 0.25) is 0 Å². The molecule has 0 saturated carbocycles. The number of benzene rings is 1. The molecule has 0 aliphatic carbocycles. The van der Waals surface area contributed by atoms with Crippen molar-refractivity contribution in [2.45, 2.75) is 6.18 Å². The first kappa shape index (κ1) is 13.8. The number of para-hydroxylation sites is 2. The van der Waals surface area contributed by atoms with E-state index >= 15 is 0 Å². The van der Waals surface area contributed by atoms with E-state index in [0.717, 1.165) is 6.08 Å². The van der Waals surface area contributed by atoms with Crippen LogP contribution in [0.1, 0.15) is 0 Å². The molecule has 1 aromatic carbocycles. The maximum atomic E-state index is 12.1. The largest absolute Gasteiger partial charge is 0.471 e. The molecule has 0 aliphatic heterocycles. The zero-order valence-corrected chi connectivity index (χ0v) is 9.04. The van der Waals surface area contributed by atoms with Crippen LogP contribution >= 0.6 is 0 Å². The molecular formula is C11H9F3N2O2. The quantitative estimate of drug-likeness (QED) is 0.817. The van der Waals surface area contributed by atoms with E-state index in [9.17, 15) is 22.8 Å². The maximum absolute atomic E-state index is 12.1. The maximum Gasteiger partial charge on any atom is 0.471 e. The van der Waals surface area contributed by atoms with Crippen LogP contribution in [0.3, 0.4) is 0 Å². The normalized spacial score (nSPS) is 10.6. The second-order valence-corrected chi connectivity index (χ2v) is 3.19. The molecule has 0 fully saturated rings. The van der Waals surface area contributed by atoms with Gasteiger partial charge < -0.3 is 10.6 Å². The summed E-state index contributed by atoms with van der Waals surface area (Å²) >= 11 is 0. The smallest absolute Gasteiger partial charge is 0.321 e. The molecule has 0 saturated heterocycles. The molecule has 1 rings (SSSR count). The fourth-order valence-corrected chi connectivity index (χ4v) is 1.08. The Labute approximate surface area is 100 Å². The third kappa shape index (κ3) is 3.62. The molecule has 0 unspecified atom stereocenters. The standard InChI is InChI=1S/C11H9F3N2O2/c1-2-9(17)15-7-5-3-4-6-8(7)16-10(18)11(12,13)14/h2-6H,1H2,(H,15,17)(H,16,18). The summed E-state index contributed by atoms with van der Waals surface area (Å²) in [5, 5.41) is 3.94. The summed E-state index contributed by atoms with van der Waals surface area (Å²) in [6.07, 6.45) is -4.03. The van der Waals surface area contributed by atoms with Gasteiger partial charge in [-0.15, -0.1) is 0 Å². The first-order chi connectivity index (χ1) is 8.34. The molecule has 96 valence electrons. The highest BCUT2D eigenvalue weighted by Gasteiger charge is 2.38. The number of alkyl halides is 3. The highest BCUT2D eigenvalue weighted by atomic mass is 19.4. The van der Waals surface area contributed by atoms with Crippen molar-refractivity contribution >= 4 is 23.2 Å². The molecular weight excluding hydrogens is 249 g/mol. The fraction of sp³-hybridized carbons (Fsp3) is 0.0909. The van der Waals surface area contributed by atoms with Gasteiger partial charge in [0.25, 0.3) is 0 Å². The van der Waals surface area contributed by atoms with E-state index in [-0.39, 0.29) is 11.4 Å². The number of nitrogens with one attached hydrogen (secondary N) is 2. The number of hydrogen-bond acceptors (Lipinski definition) is 2. The summed E-state index contributed by atoms with van der Waals surface area (Å²) in [5.74, 6) is -2.70. The Kier molecular flexibility index (Phi) is 4.09. The van der Waals surface area contributed by atoms with Crippen molar-refractivity contribution in [1.82, 2.24) is 0 Å². The minimum Gasteiger partial charge on any atom is -0.321 e. The molecule has 0 spiro atoms. The molecule has 0 radical (unpaired) electrons. The molecule has 2 amide bonds. The average molecular weight is 258 g/mol. The topological polar surface area (TPSA) is 58.2 Å². The Balaban J connectivity index is 2.92. The first-order valence-corrected chi connectivity index (χ1v) is 4.75. The molecule has 0 bridgehead atoms. The number of carbonyl (C=O) groups excluding carboxylic acids is 2. The lowest BCUT2D eigenvalue weighted by atomic mass is 10.2. The van der Waals surface area contributed by atoms with Crippen molar-refractivity contribution in [3.05, 3.63) is 36.9 Å². The van der Waals surface area contributed by atoms with E-state index in [1.807, 2.05) is 0 Å². The van der Waals surface area contributed by atoms with E-state index in [0.29, 0.717) is 0 Å². The van der Waals surface area contributed by atoms with Gasteiger partial charge in [0.15, 0.2) is 0 Å². The van der Waals surface area contributed by atoms with E-state index in [2.05, 4.69) is 11.9 Å². The van der Waals surface area contributed by atoms with Gasteiger partial charge in [0.2, 0.25) is 5.91 Å². The van der Waals surface area contributed by atoms with Gasteiger partial charge in [-0.25, -0.2) is 0 Å². The van der Waals surface area contributed by atoms with Gasteiger partial charge >= 0.3 is 12.1 Å². The second-order valence-electron chi connectivity index (χ2n) is 3.19. The summed E-state index contributed by atoms with van der Waals surface area (Å²) in [5.41, 5.74) is -0.0879. The number of amides is 2. The minimum atomic E-state index is -4.99. The van der Waals surface area contributed by atoms with Crippen LogP contribution in [-0.2, 0) is 9.59 Å². The molecule has 7 heteroatoms. The van der Waals surface area contributed by atoms with Gasteiger partial charge in [0, 0.05) is 0 Å². The Hall–Kier alpha value is -2.31. The first-order valence-electron chi connectivity index (χ1n) is 4.75. The van der Waals surface area contributed by atoms with E-state index < -0.39 is 18.0 Å². The van der Waals surface area contributed by atoms with Gasteiger partial charge in [0.05, 0.1) is 11.4 Å². The third-order valence-corrected chi connectivity index (χ3v) is 1.88. The highest BCUT2D eigenvalue weighted by Crippen LogP contribution is 2.24. The highest BCUT2D eigenvalue weighted by molar-refractivity contribution is 6.04. The van der Waals surface area contributed by atoms with Crippen molar-refractivity contribution < 1.29 is 22.8 Å². The summed E-state index contributed by atoms with van der Waals surface area (Å²) in [7, 11) is 0. The average Bonchev–Trinajstić information content (AvgIpc) is 2.30. The van der Waals surface area contributed by atoms with Gasteiger partial charge in [0.1, 0.15) is 0 Å². The molecule has 1 aromatic rings. The SMILES string of the molecule is C=CC(=O)Nc1ccccc1NC(=O)C(F)(F)F. The van der Waals surface area contributed by atoms with Crippen LogP contribution in [0, 0.1) is 0 Å². The predicted molar refractivity (Wildman–Crippen MR) is 60.0 cm³/mol. The van der Waals surface area contributed by atoms with Gasteiger partial charge in [-0.3, -0.25) is 9.59 Å². The Morgan fingerprint density at radius 2 is 1.61 bits per heavy atom. The van der Waals surface area contributed by atoms with Gasteiger partial charge in [-0.2, -0.15) is 13.2 Å². The predicted octanol–water partition coefficient (Wildman–Crippen LogP) is 2.31. The summed E-state index contributed by atoms with van der Waals surface area (Å²) in [4.78, 5) is 21.8. The van der Waals surface area contributed by atoms with E-state index in [1.54, 1.807) is 5.32 Å². The molecule has 0 heterocycles. The minimum absolute atomic E-state index is 0.0556. The summed E-state index contributed by atoms with van der Waals surface area (Å²) in [6.45, 7) is 3.21. The molecule has 2 N–H and O–H groups in total. The van der Waals surface area contributed by atoms with Crippen LogP contribution < -0.4 is 10.6 Å². The Morgan fingerprint density at radius 3 is 2.06 bits per heavy atom. The molecule has 0 atom stereocenters. The van der Waals surface area contributed by atoms with Crippen LogP contribution in [0.4, 0.5) is 24.5 Å². The number of halogens is 3. The number of hydrogen-bond donors (Lipinski definition) is 2. The van der Waals surface area contributed by atoms with Crippen molar-refractivity contribution in [3.63, 3.8) is 0 Å². The van der Waals surface area contributed by atoms with Crippen LogP contribution in [0.25, 0.3) is 0 Å². The molecule has 18 heavy (non-hydrogen) atoms. The molecule has 0 aromatic heterocycles. The number of rotatable bonds is 3. The zero-order chi connectivity index (χ0) is 13.8. The van der Waals surface area contributed by atoms with Crippen molar-refractivity contribution in [2.24, 2.45) is 0 Å². The van der Waals surface area contributed by atoms with E-state index in [1.165, 1.54) is 24.3 Å². The lowest BCUT2D eigenvalue weighted by molar-refractivity contribution is -0.167. The fourth-order valence-electron chi connectivity index (χ4n) is 1.08. The van der Waals surface area contributed by atoms with Crippen molar-refractivity contribution in [2.75, 3.05) is 10.6 Å². The monoisotopic (exact) mass is 258 g/mol. The van der Waals surface area contributed by atoms with Crippen LogP contribution in [-0.4, -0.2) is 18.0 Å². The van der Waals surface area contributed by atoms with Gasteiger partial charge in [-0.1, -0.05) is 18.7 Å². The number of carbonyl (C=O) groups is 2. The second kappa shape index (κ2) is 5.35. The lowest BCUT2D eigenvalue weighted by Crippen LogP contribution is -2.30. The van der Waals surface area contributed by atoms with Crippen molar-refractivity contribution in [3.8, 4) is 0 Å². The lowest BCUT2D eigenvalue weighted by Gasteiger charge is -2.12. The van der Waals surface area contributed by atoms with E-state index in [4.69, 9.17) is 0 Å². The summed E-state index contributed by atoms with van der Waals surface area (Å²) < 4.78 is 36.2. The van der Waals surface area contributed by atoms with Gasteiger partial charge in [-0.05, 0) is 18.2 Å². The third-order valence-electron chi connectivity index (χ3n) is 1.88. The van der Waals surface area contributed by atoms with Crippen molar-refractivity contribution in [1.29, 1.82) is 0 Å². The molecule has 0 aliphatic rings. The molecule has 4 nitrogen and oxygen atoms in total. The summed E-state index contributed by atoms with van der Waals surface area (Å²) in [6, 6.07) is 5.52. The number of anilines is 2. The Bertz CT molecular complexity index is 483.